The van der Waals surface area contributed by atoms with Gasteiger partial charge in [0.25, 0.3) is 5.56 Å². The second-order valence-corrected chi connectivity index (χ2v) is 9.94. The topological polar surface area (TPSA) is 129 Å². The van der Waals surface area contributed by atoms with Crippen LogP contribution in [0, 0.1) is 17.1 Å². The molecule has 1 fully saturated rings. The van der Waals surface area contributed by atoms with Crippen molar-refractivity contribution >= 4 is 35.0 Å². The summed E-state index contributed by atoms with van der Waals surface area (Å²) in [7, 11) is 1.48. The van der Waals surface area contributed by atoms with Crippen LogP contribution in [0.25, 0.3) is 16.8 Å². The maximum Gasteiger partial charge on any atom is 0.323 e. The van der Waals surface area contributed by atoms with Crippen LogP contribution in [-0.4, -0.2) is 52.2 Å². The molecule has 5 rings (SSSR count). The molecule has 3 heterocycles. The van der Waals surface area contributed by atoms with Crippen LogP contribution in [0.3, 0.4) is 0 Å². The number of urea groups is 1. The van der Waals surface area contributed by atoms with Crippen LogP contribution in [0.15, 0.2) is 83.9 Å². The molecule has 212 valence electrons. The molecular formula is C30H24ClFN6O4. The molecule has 1 aliphatic heterocycles. The number of aromatic nitrogens is 2. The van der Waals surface area contributed by atoms with Gasteiger partial charge in [-0.2, -0.15) is 5.26 Å². The fourth-order valence-electron chi connectivity index (χ4n) is 4.69. The summed E-state index contributed by atoms with van der Waals surface area (Å²) in [6.07, 6.45) is 2.70. The van der Waals surface area contributed by atoms with Crippen molar-refractivity contribution in [1.29, 1.82) is 5.26 Å². The SMILES string of the molecule is CO[C@@H]1C[C@H](C(=O)Nc2ccc(-n3cc(-c4ccccc4)cc(C#N)c3=O)cc2F)N(C(=O)Nc2ccc(Cl)cn2)C1. The summed E-state index contributed by atoms with van der Waals surface area (Å²) in [4.78, 5) is 44.5. The van der Waals surface area contributed by atoms with Crippen LogP contribution >= 0.6 is 11.6 Å². The Bertz CT molecular complexity index is 1740. The highest BCUT2D eigenvalue weighted by Gasteiger charge is 2.40. The number of pyridine rings is 2. The number of carbonyl (C=O) groups excluding carboxylic acids is 2. The Hall–Kier alpha value is -5.05. The number of ether oxygens (including phenoxy) is 1. The van der Waals surface area contributed by atoms with Gasteiger partial charge in [0.1, 0.15) is 29.3 Å². The number of rotatable bonds is 6. The van der Waals surface area contributed by atoms with Gasteiger partial charge >= 0.3 is 6.03 Å². The van der Waals surface area contributed by atoms with E-state index in [1.54, 1.807) is 6.07 Å². The first-order valence-corrected chi connectivity index (χ1v) is 13.2. The molecule has 12 heteroatoms. The summed E-state index contributed by atoms with van der Waals surface area (Å²) in [5.74, 6) is -1.17. The molecule has 4 aromatic rings. The third-order valence-corrected chi connectivity index (χ3v) is 7.08. The molecule has 0 radical (unpaired) electrons. The molecule has 2 atom stereocenters. The van der Waals surface area contributed by atoms with Crippen molar-refractivity contribution in [2.24, 2.45) is 0 Å². The number of anilines is 2. The normalized spacial score (nSPS) is 16.1. The van der Waals surface area contributed by atoms with Gasteiger partial charge in [0.05, 0.1) is 22.5 Å². The molecule has 3 amide bonds. The van der Waals surface area contributed by atoms with Crippen LogP contribution in [0.1, 0.15) is 12.0 Å². The summed E-state index contributed by atoms with van der Waals surface area (Å²) < 4.78 is 21.9. The average Bonchev–Trinajstić information content (AvgIpc) is 3.45. The largest absolute Gasteiger partial charge is 0.380 e. The maximum absolute atomic E-state index is 15.3. The zero-order chi connectivity index (χ0) is 29.8. The number of nitrogens with zero attached hydrogens (tertiary/aromatic N) is 4. The van der Waals surface area contributed by atoms with E-state index in [0.29, 0.717) is 10.6 Å². The minimum atomic E-state index is -0.954. The zero-order valence-electron chi connectivity index (χ0n) is 22.3. The molecule has 0 spiro atoms. The van der Waals surface area contributed by atoms with Crippen molar-refractivity contribution in [2.45, 2.75) is 18.6 Å². The molecular weight excluding hydrogens is 563 g/mol. The Morgan fingerprint density at radius 2 is 1.88 bits per heavy atom. The number of nitrogens with one attached hydrogen (secondary N) is 2. The lowest BCUT2D eigenvalue weighted by atomic mass is 10.1. The van der Waals surface area contributed by atoms with Crippen molar-refractivity contribution < 1.29 is 18.7 Å². The molecule has 2 aromatic carbocycles. The van der Waals surface area contributed by atoms with Gasteiger partial charge in [-0.1, -0.05) is 41.9 Å². The van der Waals surface area contributed by atoms with Gasteiger partial charge in [-0.3, -0.25) is 19.5 Å². The number of methoxy groups -OCH3 is 1. The van der Waals surface area contributed by atoms with Gasteiger partial charge in [-0.05, 0) is 41.5 Å². The Morgan fingerprint density at radius 3 is 2.55 bits per heavy atom. The molecule has 0 aliphatic carbocycles. The smallest absolute Gasteiger partial charge is 0.323 e. The number of benzene rings is 2. The third-order valence-electron chi connectivity index (χ3n) is 6.86. The van der Waals surface area contributed by atoms with Gasteiger partial charge in [-0.25, -0.2) is 14.2 Å². The summed E-state index contributed by atoms with van der Waals surface area (Å²) in [6, 6.07) is 18.0. The predicted molar refractivity (Wildman–Crippen MR) is 155 cm³/mol. The van der Waals surface area contributed by atoms with E-state index in [-0.39, 0.29) is 35.7 Å². The van der Waals surface area contributed by atoms with Gasteiger partial charge in [0, 0.05) is 38.5 Å². The van der Waals surface area contributed by atoms with Crippen LogP contribution in [0.4, 0.5) is 20.7 Å². The Balaban J connectivity index is 1.37. The molecule has 2 N–H and O–H groups in total. The number of hydrogen-bond acceptors (Lipinski definition) is 6. The van der Waals surface area contributed by atoms with Crippen LogP contribution in [-0.2, 0) is 9.53 Å². The lowest BCUT2D eigenvalue weighted by molar-refractivity contribution is -0.119. The van der Waals surface area contributed by atoms with E-state index in [1.807, 2.05) is 36.4 Å². The van der Waals surface area contributed by atoms with Gasteiger partial charge in [0.2, 0.25) is 5.91 Å². The predicted octanol–water partition coefficient (Wildman–Crippen LogP) is 4.82. The quantitative estimate of drug-likeness (QED) is 0.333. The third kappa shape index (κ3) is 6.00. The number of hydrogen-bond donors (Lipinski definition) is 2. The Kier molecular flexibility index (Phi) is 8.28. The zero-order valence-corrected chi connectivity index (χ0v) is 23.0. The molecule has 1 aliphatic rings. The standard InChI is InChI=1S/C30H24ClFN6O4/c1-42-23-13-26(38(17-23)30(41)36-27-10-7-21(31)15-34-27)28(39)35-25-9-8-22(12-24(25)32)37-16-20(11-19(14-33)29(37)40)18-5-3-2-4-6-18/h2-12,15-16,23,26H,13,17H2,1H3,(H,35,39)(H,34,36,41)/t23-,26-/m1/s1. The molecule has 2 aromatic heterocycles. The molecule has 10 nitrogen and oxygen atoms in total. The fourth-order valence-corrected chi connectivity index (χ4v) is 4.80. The van der Waals surface area contributed by atoms with E-state index in [4.69, 9.17) is 16.3 Å². The van der Waals surface area contributed by atoms with E-state index < -0.39 is 35.5 Å². The first-order valence-electron chi connectivity index (χ1n) is 12.8. The number of halogens is 2. The Labute approximate surface area is 244 Å². The first-order chi connectivity index (χ1) is 20.3. The summed E-state index contributed by atoms with van der Waals surface area (Å²) >= 11 is 5.85. The second kappa shape index (κ2) is 12.2. The van der Waals surface area contributed by atoms with E-state index >= 15 is 4.39 Å². The molecule has 0 bridgehead atoms. The van der Waals surface area contributed by atoms with Crippen molar-refractivity contribution in [3.8, 4) is 22.9 Å². The number of nitriles is 1. The van der Waals surface area contributed by atoms with E-state index in [2.05, 4.69) is 15.6 Å². The average molecular weight is 587 g/mol. The highest BCUT2D eigenvalue weighted by molar-refractivity contribution is 6.30. The van der Waals surface area contributed by atoms with E-state index in [1.165, 1.54) is 53.2 Å². The van der Waals surface area contributed by atoms with Crippen molar-refractivity contribution in [3.63, 3.8) is 0 Å². The second-order valence-electron chi connectivity index (χ2n) is 9.50. The van der Waals surface area contributed by atoms with Crippen LogP contribution in [0.5, 0.6) is 0 Å². The van der Waals surface area contributed by atoms with Gasteiger partial charge in [-0.15, -0.1) is 0 Å². The molecule has 0 unspecified atom stereocenters. The monoisotopic (exact) mass is 586 g/mol. The van der Waals surface area contributed by atoms with Gasteiger partial charge in [0.15, 0.2) is 0 Å². The highest BCUT2D eigenvalue weighted by Crippen LogP contribution is 2.26. The summed E-state index contributed by atoms with van der Waals surface area (Å²) in [6.45, 7) is 0.136. The lowest BCUT2D eigenvalue weighted by Gasteiger charge is -2.24. The molecule has 1 saturated heterocycles. The fraction of sp³-hybridized carbons (Fsp3) is 0.167. The maximum atomic E-state index is 15.3. The summed E-state index contributed by atoms with van der Waals surface area (Å²) in [5, 5.41) is 15.1. The summed E-state index contributed by atoms with van der Waals surface area (Å²) in [5.41, 5.74) is 0.694. The lowest BCUT2D eigenvalue weighted by Crippen LogP contribution is -2.45. The minimum Gasteiger partial charge on any atom is -0.380 e. The van der Waals surface area contributed by atoms with E-state index in [0.717, 1.165) is 11.6 Å². The minimum absolute atomic E-state index is 0.102. The first kappa shape index (κ1) is 28.5. The van der Waals surface area contributed by atoms with Crippen molar-refractivity contribution in [2.75, 3.05) is 24.3 Å². The molecule has 42 heavy (non-hydrogen) atoms. The van der Waals surface area contributed by atoms with Gasteiger partial charge < -0.3 is 15.0 Å². The van der Waals surface area contributed by atoms with E-state index in [9.17, 15) is 19.6 Å². The van der Waals surface area contributed by atoms with Crippen LogP contribution in [0.2, 0.25) is 5.02 Å². The Morgan fingerprint density at radius 1 is 1.10 bits per heavy atom. The highest BCUT2D eigenvalue weighted by atomic mass is 35.5. The van der Waals surface area contributed by atoms with Crippen molar-refractivity contribution in [1.82, 2.24) is 14.5 Å². The molecule has 0 saturated carbocycles. The number of amides is 3. The van der Waals surface area contributed by atoms with Crippen molar-refractivity contribution in [3.05, 3.63) is 106 Å². The van der Waals surface area contributed by atoms with Crippen LogP contribution < -0.4 is 16.2 Å². The number of likely N-dealkylation sites (tertiary alicyclic amines) is 1. The number of carbonyl (C=O) groups is 2.